The lowest BCUT2D eigenvalue weighted by Gasteiger charge is -1.89. The van der Waals surface area contributed by atoms with Crippen LogP contribution in [0, 0.1) is 0 Å². The summed E-state index contributed by atoms with van der Waals surface area (Å²) >= 11 is 0. The van der Waals surface area contributed by atoms with Gasteiger partial charge in [0.15, 0.2) is 0 Å². The van der Waals surface area contributed by atoms with Crippen LogP contribution < -0.4 is 5.43 Å². The molecule has 64 valence electrons. The maximum Gasteiger partial charge on any atom is 0.284 e. The lowest BCUT2D eigenvalue weighted by molar-refractivity contribution is 0.455. The SMILES string of the molecule is CS(=O)(=O)n1on1NC1CC1. The van der Waals surface area contributed by atoms with Crippen LogP contribution in [-0.2, 0) is 10.0 Å². The van der Waals surface area contributed by atoms with E-state index >= 15 is 0 Å². The summed E-state index contributed by atoms with van der Waals surface area (Å²) < 4.78 is 26.9. The third kappa shape index (κ3) is 1.42. The Bertz CT molecular complexity index is 338. The number of aromatic nitrogens is 2. The van der Waals surface area contributed by atoms with E-state index in [2.05, 4.69) is 10.1 Å². The first-order valence-electron chi connectivity index (χ1n) is 3.32. The minimum atomic E-state index is -3.22. The van der Waals surface area contributed by atoms with E-state index in [1.165, 1.54) is 0 Å². The molecule has 11 heavy (non-hydrogen) atoms. The van der Waals surface area contributed by atoms with Crippen molar-refractivity contribution < 1.29 is 13.0 Å². The Kier molecular flexibility index (Phi) is 1.15. The van der Waals surface area contributed by atoms with Gasteiger partial charge in [-0.25, -0.2) is 13.0 Å². The Morgan fingerprint density at radius 1 is 1.55 bits per heavy atom. The van der Waals surface area contributed by atoms with Gasteiger partial charge in [-0.15, -0.1) is 0 Å². The fraction of sp³-hybridized carbons (Fsp3) is 1.00. The van der Waals surface area contributed by atoms with Crippen molar-refractivity contribution in [3.8, 4) is 0 Å². The normalized spacial score (nSPS) is 19.0. The third-order valence-corrected chi connectivity index (χ3v) is 2.21. The highest BCUT2D eigenvalue weighted by Gasteiger charge is 2.28. The van der Waals surface area contributed by atoms with E-state index in [1.54, 1.807) is 0 Å². The molecular weight excluding hydrogens is 170 g/mol. The molecule has 0 radical (unpaired) electrons. The van der Waals surface area contributed by atoms with Crippen molar-refractivity contribution in [1.82, 2.24) is 9.22 Å². The van der Waals surface area contributed by atoms with Crippen LogP contribution in [0.4, 0.5) is 0 Å². The van der Waals surface area contributed by atoms with E-state index in [1.807, 2.05) is 0 Å². The van der Waals surface area contributed by atoms with Crippen LogP contribution in [0.25, 0.3) is 0 Å². The molecule has 1 aliphatic rings. The molecule has 0 unspecified atom stereocenters. The zero-order valence-corrected chi connectivity index (χ0v) is 6.84. The van der Waals surface area contributed by atoms with Gasteiger partial charge in [0.2, 0.25) is 0 Å². The summed E-state index contributed by atoms with van der Waals surface area (Å²) in [6.45, 7) is 0. The molecule has 1 aromatic rings. The summed E-state index contributed by atoms with van der Waals surface area (Å²) in [6, 6.07) is 0.391. The van der Waals surface area contributed by atoms with Gasteiger partial charge in [0.05, 0.1) is 6.26 Å². The van der Waals surface area contributed by atoms with Crippen LogP contribution in [0.5, 0.6) is 0 Å². The molecule has 7 heteroatoms. The molecular formula is C4H9N3O3S. The fourth-order valence-electron chi connectivity index (χ4n) is 0.684. The maximum absolute atomic E-state index is 10.7. The molecule has 0 aliphatic heterocycles. The van der Waals surface area contributed by atoms with Crippen molar-refractivity contribution in [2.45, 2.75) is 18.9 Å². The zero-order valence-electron chi connectivity index (χ0n) is 6.02. The van der Waals surface area contributed by atoms with Gasteiger partial charge in [-0.3, -0.25) is 5.43 Å². The first kappa shape index (κ1) is 6.84. The molecule has 1 saturated carbocycles. The van der Waals surface area contributed by atoms with Crippen LogP contribution in [0.3, 0.4) is 0 Å². The number of nitrogens with one attached hydrogen (secondary N) is 1. The summed E-state index contributed by atoms with van der Waals surface area (Å²) in [5.74, 6) is 0. The van der Waals surface area contributed by atoms with Crippen LogP contribution in [0.1, 0.15) is 12.8 Å². The van der Waals surface area contributed by atoms with Gasteiger partial charge in [0.25, 0.3) is 10.0 Å². The average molecular weight is 179 g/mol. The van der Waals surface area contributed by atoms with Crippen LogP contribution in [0.2, 0.25) is 0 Å². The predicted molar refractivity (Wildman–Crippen MR) is 37.3 cm³/mol. The highest BCUT2D eigenvalue weighted by molar-refractivity contribution is 7.89. The maximum atomic E-state index is 10.7. The number of rotatable bonds is 3. The van der Waals surface area contributed by atoms with E-state index < -0.39 is 10.0 Å². The predicted octanol–water partition coefficient (Wildman–Crippen LogP) is -0.604. The molecule has 1 aromatic heterocycles. The number of nitrogens with zero attached hydrogens (tertiary/aromatic N) is 2. The van der Waals surface area contributed by atoms with Gasteiger partial charge in [0.1, 0.15) is 0 Å². The minimum absolute atomic E-state index is 0.391. The molecule has 1 heterocycles. The second-order valence-corrected chi connectivity index (χ2v) is 4.51. The molecule has 0 bridgehead atoms. The van der Waals surface area contributed by atoms with Gasteiger partial charge in [0, 0.05) is 15.3 Å². The molecule has 2 rings (SSSR count). The average Bonchev–Trinajstić information content (AvgIpc) is 2.59. The lowest BCUT2D eigenvalue weighted by Crippen LogP contribution is -2.16. The molecule has 1 fully saturated rings. The molecule has 1 N–H and O–H groups in total. The Hall–Kier alpha value is -0.850. The Labute approximate surface area is 63.7 Å². The van der Waals surface area contributed by atoms with Crippen LogP contribution in [0.15, 0.2) is 4.63 Å². The topological polar surface area (TPSA) is 69.2 Å². The largest absolute Gasteiger partial charge is 0.284 e. The zero-order chi connectivity index (χ0) is 8.06. The van der Waals surface area contributed by atoms with Crippen LogP contribution >= 0.6 is 0 Å². The monoisotopic (exact) mass is 179 g/mol. The van der Waals surface area contributed by atoms with Crippen molar-refractivity contribution in [1.29, 1.82) is 0 Å². The van der Waals surface area contributed by atoms with Gasteiger partial charge < -0.3 is 0 Å². The first-order chi connectivity index (χ1) is 5.07. The Morgan fingerprint density at radius 2 is 2.18 bits per heavy atom. The van der Waals surface area contributed by atoms with Crippen LogP contribution in [-0.4, -0.2) is 29.9 Å². The second-order valence-electron chi connectivity index (χ2n) is 2.73. The van der Waals surface area contributed by atoms with E-state index in [4.69, 9.17) is 0 Å². The standard InChI is InChI=1S/C4H9N3O3S/c1-11(8,9)7-6(10-7)5-4-2-3-4/h4-5H,2-3H2,1H3. The molecule has 6 nitrogen and oxygen atoms in total. The fourth-order valence-corrected chi connectivity index (χ4v) is 1.19. The summed E-state index contributed by atoms with van der Waals surface area (Å²) in [4.78, 5) is 1.13. The quantitative estimate of drug-likeness (QED) is 0.672. The van der Waals surface area contributed by atoms with Crippen molar-refractivity contribution in [2.75, 3.05) is 11.7 Å². The smallest absolute Gasteiger partial charge is 0.273 e. The molecule has 0 amide bonds. The van der Waals surface area contributed by atoms with Gasteiger partial charge in [-0.1, -0.05) is 0 Å². The highest BCUT2D eigenvalue weighted by Crippen LogP contribution is 2.20. The van der Waals surface area contributed by atoms with E-state index in [9.17, 15) is 8.42 Å². The van der Waals surface area contributed by atoms with Gasteiger partial charge in [-0.2, -0.15) is 0 Å². The van der Waals surface area contributed by atoms with Crippen molar-refractivity contribution in [3.05, 3.63) is 0 Å². The summed E-state index contributed by atoms with van der Waals surface area (Å²) in [6.07, 6.45) is 3.25. The number of hydrogen-bond acceptors (Lipinski definition) is 4. The lowest BCUT2D eigenvalue weighted by atomic mass is 10.8. The number of hydrogen-bond donors (Lipinski definition) is 1. The minimum Gasteiger partial charge on any atom is -0.273 e. The van der Waals surface area contributed by atoms with Crippen molar-refractivity contribution >= 4 is 10.0 Å². The van der Waals surface area contributed by atoms with Gasteiger partial charge in [-0.05, 0) is 12.8 Å². The molecule has 1 aliphatic carbocycles. The Morgan fingerprint density at radius 3 is 2.55 bits per heavy atom. The summed E-state index contributed by atoms with van der Waals surface area (Å²) in [5.41, 5.74) is 2.84. The van der Waals surface area contributed by atoms with E-state index in [-0.39, 0.29) is 0 Å². The highest BCUT2D eigenvalue weighted by atomic mass is 32.2. The third-order valence-electron chi connectivity index (χ3n) is 1.42. The summed E-state index contributed by atoms with van der Waals surface area (Å²) in [5, 5.41) is 0. The van der Waals surface area contributed by atoms with E-state index in [0.717, 1.165) is 28.3 Å². The van der Waals surface area contributed by atoms with Crippen molar-refractivity contribution in [2.24, 2.45) is 0 Å². The second kappa shape index (κ2) is 1.84. The molecule has 0 aromatic carbocycles. The van der Waals surface area contributed by atoms with Crippen molar-refractivity contribution in [3.63, 3.8) is 0 Å². The molecule has 0 saturated heterocycles. The summed E-state index contributed by atoms with van der Waals surface area (Å²) in [7, 11) is -3.22. The first-order valence-corrected chi connectivity index (χ1v) is 5.17. The molecule has 0 atom stereocenters. The van der Waals surface area contributed by atoms with E-state index in [0.29, 0.717) is 6.04 Å². The molecule has 0 spiro atoms. The Balaban J connectivity index is 2.02. The van der Waals surface area contributed by atoms with Gasteiger partial charge >= 0.3 is 0 Å².